The molecule has 2 heterocycles. The average Bonchev–Trinajstić information content (AvgIpc) is 2.73. The quantitative estimate of drug-likeness (QED) is 0.897. The number of benzene rings is 1. The topological polar surface area (TPSA) is 61.9 Å². The van der Waals surface area contributed by atoms with Crippen LogP contribution in [0.25, 0.3) is 0 Å². The molecule has 1 atom stereocenters. The van der Waals surface area contributed by atoms with Gasteiger partial charge in [0.2, 0.25) is 5.91 Å². The first-order chi connectivity index (χ1) is 11.6. The molecule has 1 aromatic carbocycles. The Morgan fingerprint density at radius 1 is 1.12 bits per heavy atom. The lowest BCUT2D eigenvalue weighted by molar-refractivity contribution is -0.128. The fourth-order valence-electron chi connectivity index (χ4n) is 3.08. The number of nitrogens with zero attached hydrogens (tertiary/aromatic N) is 2. The van der Waals surface area contributed by atoms with Crippen LogP contribution in [0, 0.1) is 0 Å². The number of imide groups is 1. The Hall–Kier alpha value is -1.63. The normalized spacial score (nSPS) is 23.0. The highest BCUT2D eigenvalue weighted by Gasteiger charge is 2.30. The molecule has 2 saturated heterocycles. The summed E-state index contributed by atoms with van der Waals surface area (Å²) < 4.78 is 5.31. The van der Waals surface area contributed by atoms with Crippen molar-refractivity contribution in [3.8, 4) is 0 Å². The summed E-state index contributed by atoms with van der Waals surface area (Å²) in [6.07, 6.45) is 0.323. The highest BCUT2D eigenvalue weighted by Crippen LogP contribution is 2.24. The second kappa shape index (κ2) is 7.96. The first-order valence-electron chi connectivity index (χ1n) is 8.27. The summed E-state index contributed by atoms with van der Waals surface area (Å²) in [5.41, 5.74) is 1.02. The molecule has 0 aliphatic carbocycles. The number of hydrogen-bond acceptors (Lipinski definition) is 4. The lowest BCUT2D eigenvalue weighted by Crippen LogP contribution is -2.47. The van der Waals surface area contributed by atoms with Gasteiger partial charge in [0.1, 0.15) is 0 Å². The summed E-state index contributed by atoms with van der Waals surface area (Å²) in [4.78, 5) is 28.4. The maximum Gasteiger partial charge on any atom is 0.324 e. The van der Waals surface area contributed by atoms with E-state index in [0.29, 0.717) is 44.3 Å². The smallest absolute Gasteiger partial charge is 0.324 e. The molecule has 0 bridgehead atoms. The number of carbonyl (C=O) groups is 2. The van der Waals surface area contributed by atoms with Gasteiger partial charge in [-0.2, -0.15) is 0 Å². The summed E-state index contributed by atoms with van der Waals surface area (Å²) >= 11 is 5.91. The van der Waals surface area contributed by atoms with E-state index in [0.717, 1.165) is 18.7 Å². The van der Waals surface area contributed by atoms with E-state index >= 15 is 0 Å². The molecule has 24 heavy (non-hydrogen) atoms. The molecule has 0 radical (unpaired) electrons. The second-order valence-electron chi connectivity index (χ2n) is 6.14. The van der Waals surface area contributed by atoms with Crippen LogP contribution in [0.15, 0.2) is 24.3 Å². The largest absolute Gasteiger partial charge is 0.379 e. The van der Waals surface area contributed by atoms with Crippen LogP contribution in [0.3, 0.4) is 0 Å². The van der Waals surface area contributed by atoms with E-state index in [2.05, 4.69) is 10.2 Å². The molecule has 0 aromatic heterocycles. The van der Waals surface area contributed by atoms with Gasteiger partial charge in [-0.3, -0.25) is 14.6 Å². The van der Waals surface area contributed by atoms with Crippen molar-refractivity contribution in [1.29, 1.82) is 0 Å². The van der Waals surface area contributed by atoms with Crippen molar-refractivity contribution in [3.05, 3.63) is 34.9 Å². The van der Waals surface area contributed by atoms with Gasteiger partial charge in [-0.05, 0) is 17.7 Å². The molecule has 0 spiro atoms. The Morgan fingerprint density at radius 2 is 1.83 bits per heavy atom. The molecule has 3 rings (SSSR count). The van der Waals surface area contributed by atoms with Crippen molar-refractivity contribution in [3.63, 3.8) is 0 Å². The van der Waals surface area contributed by atoms with Gasteiger partial charge < -0.3 is 10.1 Å². The minimum Gasteiger partial charge on any atom is -0.379 e. The summed E-state index contributed by atoms with van der Waals surface area (Å²) in [7, 11) is 0. The molecule has 2 fully saturated rings. The van der Waals surface area contributed by atoms with E-state index in [4.69, 9.17) is 16.3 Å². The first-order valence-corrected chi connectivity index (χ1v) is 8.65. The molecular formula is C17H22ClN3O3. The molecule has 1 aromatic rings. The standard InChI is InChI=1S/C17H22ClN3O3/c18-15-3-1-13(2-4-15)14-11-16(22)21(17(23)19-12-14)6-5-20-7-9-24-10-8-20/h1-4,14H,5-12H2,(H,19,23). The molecule has 7 heteroatoms. The lowest BCUT2D eigenvalue weighted by atomic mass is 9.95. The molecule has 3 amide bonds. The Morgan fingerprint density at radius 3 is 2.54 bits per heavy atom. The molecule has 2 aliphatic rings. The van der Waals surface area contributed by atoms with Crippen molar-refractivity contribution >= 4 is 23.5 Å². The van der Waals surface area contributed by atoms with Crippen LogP contribution >= 0.6 is 11.6 Å². The van der Waals surface area contributed by atoms with E-state index in [1.165, 1.54) is 4.90 Å². The van der Waals surface area contributed by atoms with Crippen LogP contribution in [-0.4, -0.2) is 67.7 Å². The number of carbonyl (C=O) groups excluding carboxylic acids is 2. The molecule has 0 saturated carbocycles. The van der Waals surface area contributed by atoms with Crippen LogP contribution in [-0.2, 0) is 9.53 Å². The van der Waals surface area contributed by atoms with Gasteiger partial charge in [0, 0.05) is 50.1 Å². The van der Waals surface area contributed by atoms with E-state index < -0.39 is 0 Å². The zero-order chi connectivity index (χ0) is 16.9. The number of urea groups is 1. The molecular weight excluding hydrogens is 330 g/mol. The number of halogens is 1. The van der Waals surface area contributed by atoms with E-state index in [-0.39, 0.29) is 17.9 Å². The summed E-state index contributed by atoms with van der Waals surface area (Å²) in [5.74, 6) is -0.148. The number of amides is 3. The SMILES string of the molecule is O=C1CC(c2ccc(Cl)cc2)CNC(=O)N1CCN1CCOCC1. The Bertz CT molecular complexity index is 587. The van der Waals surface area contributed by atoms with Crippen LogP contribution in [0.5, 0.6) is 0 Å². The summed E-state index contributed by atoms with van der Waals surface area (Å²) in [6.45, 7) is 4.66. The van der Waals surface area contributed by atoms with Gasteiger partial charge in [-0.25, -0.2) is 4.79 Å². The predicted molar refractivity (Wildman–Crippen MR) is 91.2 cm³/mol. The third kappa shape index (κ3) is 4.26. The maximum absolute atomic E-state index is 12.5. The number of rotatable bonds is 4. The van der Waals surface area contributed by atoms with Crippen LogP contribution < -0.4 is 5.32 Å². The van der Waals surface area contributed by atoms with Crippen molar-refractivity contribution in [1.82, 2.24) is 15.1 Å². The van der Waals surface area contributed by atoms with Gasteiger partial charge >= 0.3 is 6.03 Å². The van der Waals surface area contributed by atoms with Gasteiger partial charge in [0.15, 0.2) is 0 Å². The molecule has 1 N–H and O–H groups in total. The predicted octanol–water partition coefficient (Wildman–Crippen LogP) is 1.70. The van der Waals surface area contributed by atoms with Gasteiger partial charge in [-0.15, -0.1) is 0 Å². The molecule has 1 unspecified atom stereocenters. The van der Waals surface area contributed by atoms with E-state index in [9.17, 15) is 9.59 Å². The Labute approximate surface area is 146 Å². The monoisotopic (exact) mass is 351 g/mol. The van der Waals surface area contributed by atoms with E-state index in [1.807, 2.05) is 24.3 Å². The summed E-state index contributed by atoms with van der Waals surface area (Å²) in [5, 5.41) is 3.53. The van der Waals surface area contributed by atoms with Crippen molar-refractivity contribution < 1.29 is 14.3 Å². The number of hydrogen-bond donors (Lipinski definition) is 1. The molecule has 2 aliphatic heterocycles. The van der Waals surface area contributed by atoms with Gasteiger partial charge in [0.25, 0.3) is 0 Å². The van der Waals surface area contributed by atoms with Crippen LogP contribution in [0.4, 0.5) is 4.79 Å². The van der Waals surface area contributed by atoms with Crippen molar-refractivity contribution in [2.24, 2.45) is 0 Å². The van der Waals surface area contributed by atoms with Crippen molar-refractivity contribution in [2.45, 2.75) is 12.3 Å². The third-order valence-corrected chi connectivity index (χ3v) is 4.80. The fourth-order valence-corrected chi connectivity index (χ4v) is 3.20. The minimum atomic E-state index is -0.301. The molecule has 130 valence electrons. The van der Waals surface area contributed by atoms with E-state index in [1.54, 1.807) is 0 Å². The average molecular weight is 352 g/mol. The van der Waals surface area contributed by atoms with Crippen LogP contribution in [0.1, 0.15) is 17.9 Å². The zero-order valence-corrected chi connectivity index (χ0v) is 14.3. The molecule has 6 nitrogen and oxygen atoms in total. The van der Waals surface area contributed by atoms with Gasteiger partial charge in [-0.1, -0.05) is 23.7 Å². The number of ether oxygens (including phenoxy) is 1. The number of morpholine rings is 1. The lowest BCUT2D eigenvalue weighted by Gasteiger charge is -2.28. The van der Waals surface area contributed by atoms with Crippen LogP contribution in [0.2, 0.25) is 5.02 Å². The fraction of sp³-hybridized carbons (Fsp3) is 0.529. The second-order valence-corrected chi connectivity index (χ2v) is 6.57. The number of nitrogens with one attached hydrogen (secondary N) is 1. The van der Waals surface area contributed by atoms with Gasteiger partial charge in [0.05, 0.1) is 13.2 Å². The summed E-state index contributed by atoms with van der Waals surface area (Å²) in [6, 6.07) is 7.14. The van der Waals surface area contributed by atoms with Crippen molar-refractivity contribution in [2.75, 3.05) is 45.9 Å². The Balaban J connectivity index is 1.61. The minimum absolute atomic E-state index is 0.0212. The first kappa shape index (κ1) is 17.2. The highest BCUT2D eigenvalue weighted by atomic mass is 35.5. The Kier molecular flexibility index (Phi) is 5.71. The highest BCUT2D eigenvalue weighted by molar-refractivity contribution is 6.30. The third-order valence-electron chi connectivity index (χ3n) is 4.55. The zero-order valence-electron chi connectivity index (χ0n) is 13.5. The maximum atomic E-state index is 12.5.